The molecule has 2 heterocycles. The van der Waals surface area contributed by atoms with Gasteiger partial charge in [0.1, 0.15) is 0 Å². The van der Waals surface area contributed by atoms with Crippen molar-refractivity contribution in [2.24, 2.45) is 0 Å². The first kappa shape index (κ1) is 8.01. The molecule has 0 aromatic heterocycles. The van der Waals surface area contributed by atoms with Gasteiger partial charge in [-0.25, -0.2) is 0 Å². The largest absolute Gasteiger partial charge is 0.377 e. The predicted molar refractivity (Wildman–Crippen MR) is 43.8 cm³/mol. The van der Waals surface area contributed by atoms with Gasteiger partial charge in [-0.3, -0.25) is 4.79 Å². The van der Waals surface area contributed by atoms with E-state index in [1.165, 1.54) is 0 Å². The van der Waals surface area contributed by atoms with Crippen LogP contribution in [0.1, 0.15) is 6.92 Å². The molecule has 0 saturated carbocycles. The summed E-state index contributed by atoms with van der Waals surface area (Å²) in [6, 6.07) is 0.756. The summed E-state index contributed by atoms with van der Waals surface area (Å²) in [7, 11) is 0. The monoisotopic (exact) mass is 170 g/mol. The lowest BCUT2D eigenvalue weighted by atomic mass is 10.1. The average Bonchev–Trinajstić information content (AvgIpc) is 1.77. The molecule has 4 nitrogen and oxygen atoms in total. The van der Waals surface area contributed by atoms with E-state index in [2.05, 4.69) is 5.32 Å². The topological polar surface area (TPSA) is 41.6 Å². The van der Waals surface area contributed by atoms with Gasteiger partial charge < -0.3 is 15.0 Å². The SMILES string of the molecule is CC(=O)N(C1CNC1)C1COC1. The van der Waals surface area contributed by atoms with E-state index in [0.717, 1.165) is 26.3 Å². The number of carbonyl (C=O) groups is 1. The first-order chi connectivity index (χ1) is 5.79. The normalized spacial score (nSPS) is 24.4. The van der Waals surface area contributed by atoms with Gasteiger partial charge in [-0.15, -0.1) is 0 Å². The van der Waals surface area contributed by atoms with E-state index in [0.29, 0.717) is 12.1 Å². The Labute approximate surface area is 71.9 Å². The second-order valence-corrected chi connectivity index (χ2v) is 3.43. The molecule has 2 aliphatic heterocycles. The minimum Gasteiger partial charge on any atom is -0.377 e. The van der Waals surface area contributed by atoms with E-state index in [9.17, 15) is 4.79 Å². The Bertz CT molecular complexity index is 173. The summed E-state index contributed by atoms with van der Waals surface area (Å²) in [5.41, 5.74) is 0. The summed E-state index contributed by atoms with van der Waals surface area (Å²) in [6.45, 7) is 4.95. The molecule has 0 aromatic rings. The van der Waals surface area contributed by atoms with Crippen molar-refractivity contribution in [2.75, 3.05) is 26.3 Å². The Morgan fingerprint density at radius 1 is 1.42 bits per heavy atom. The van der Waals surface area contributed by atoms with Crippen LogP contribution >= 0.6 is 0 Å². The molecule has 68 valence electrons. The summed E-state index contributed by atoms with van der Waals surface area (Å²) in [4.78, 5) is 13.2. The van der Waals surface area contributed by atoms with E-state index >= 15 is 0 Å². The van der Waals surface area contributed by atoms with Crippen LogP contribution in [0.15, 0.2) is 0 Å². The Hall–Kier alpha value is -0.610. The first-order valence-corrected chi connectivity index (χ1v) is 4.36. The van der Waals surface area contributed by atoms with E-state index in [-0.39, 0.29) is 5.91 Å². The molecule has 2 fully saturated rings. The van der Waals surface area contributed by atoms with E-state index in [4.69, 9.17) is 4.74 Å². The van der Waals surface area contributed by atoms with Crippen molar-refractivity contribution in [1.29, 1.82) is 0 Å². The molecule has 4 heteroatoms. The first-order valence-electron chi connectivity index (χ1n) is 4.36. The highest BCUT2D eigenvalue weighted by Gasteiger charge is 2.35. The maximum absolute atomic E-state index is 11.3. The molecular formula is C8H14N2O2. The minimum atomic E-state index is 0.176. The van der Waals surface area contributed by atoms with Crippen LogP contribution in [0, 0.1) is 0 Å². The quantitative estimate of drug-likeness (QED) is 0.590. The molecule has 0 bridgehead atoms. The van der Waals surface area contributed by atoms with E-state index in [1.54, 1.807) is 6.92 Å². The molecule has 0 radical (unpaired) electrons. The minimum absolute atomic E-state index is 0.176. The Morgan fingerprint density at radius 2 is 2.08 bits per heavy atom. The fourth-order valence-electron chi connectivity index (χ4n) is 1.67. The molecule has 0 unspecified atom stereocenters. The number of rotatable bonds is 2. The van der Waals surface area contributed by atoms with Crippen molar-refractivity contribution in [2.45, 2.75) is 19.0 Å². The van der Waals surface area contributed by atoms with Crippen molar-refractivity contribution in [1.82, 2.24) is 10.2 Å². The van der Waals surface area contributed by atoms with Crippen LogP contribution in [0.25, 0.3) is 0 Å². The Balaban J connectivity index is 1.95. The number of nitrogens with zero attached hydrogens (tertiary/aromatic N) is 1. The third-order valence-electron chi connectivity index (χ3n) is 2.53. The molecule has 1 amide bonds. The molecule has 0 spiro atoms. The molecule has 2 aliphatic rings. The lowest BCUT2D eigenvalue weighted by molar-refractivity contribution is -0.148. The predicted octanol–water partition coefficient (Wildman–Crippen LogP) is -0.794. The third kappa shape index (κ3) is 1.21. The fraction of sp³-hybridized carbons (Fsp3) is 0.875. The smallest absolute Gasteiger partial charge is 0.220 e. The maximum atomic E-state index is 11.3. The second kappa shape index (κ2) is 3.03. The second-order valence-electron chi connectivity index (χ2n) is 3.43. The summed E-state index contributed by atoms with van der Waals surface area (Å²) >= 11 is 0. The Kier molecular flexibility index (Phi) is 2.02. The van der Waals surface area contributed by atoms with Crippen molar-refractivity contribution in [3.63, 3.8) is 0 Å². The van der Waals surface area contributed by atoms with Gasteiger partial charge in [0, 0.05) is 20.0 Å². The van der Waals surface area contributed by atoms with Crippen molar-refractivity contribution in [3.05, 3.63) is 0 Å². The van der Waals surface area contributed by atoms with Crippen molar-refractivity contribution in [3.8, 4) is 0 Å². The van der Waals surface area contributed by atoms with E-state index in [1.807, 2.05) is 4.90 Å². The molecule has 2 saturated heterocycles. The highest BCUT2D eigenvalue weighted by Crippen LogP contribution is 2.16. The zero-order valence-corrected chi connectivity index (χ0v) is 7.25. The summed E-state index contributed by atoms with van der Waals surface area (Å²) in [6.07, 6.45) is 0. The van der Waals surface area contributed by atoms with Crippen LogP contribution in [0.2, 0.25) is 0 Å². The van der Waals surface area contributed by atoms with Gasteiger partial charge >= 0.3 is 0 Å². The number of ether oxygens (including phenoxy) is 1. The number of carbonyl (C=O) groups excluding carboxylic acids is 1. The molecule has 0 aromatic carbocycles. The molecule has 1 N–H and O–H groups in total. The highest BCUT2D eigenvalue weighted by molar-refractivity contribution is 5.74. The summed E-state index contributed by atoms with van der Waals surface area (Å²) in [5.74, 6) is 0.176. The number of nitrogens with one attached hydrogen (secondary N) is 1. The molecule has 0 aliphatic carbocycles. The van der Waals surface area contributed by atoms with Crippen LogP contribution in [-0.4, -0.2) is 49.2 Å². The lowest BCUT2D eigenvalue weighted by Gasteiger charge is -2.45. The van der Waals surface area contributed by atoms with E-state index < -0.39 is 0 Å². The van der Waals surface area contributed by atoms with Crippen molar-refractivity contribution < 1.29 is 9.53 Å². The maximum Gasteiger partial charge on any atom is 0.220 e. The Morgan fingerprint density at radius 3 is 2.33 bits per heavy atom. The lowest BCUT2D eigenvalue weighted by Crippen LogP contribution is -2.65. The fourth-order valence-corrected chi connectivity index (χ4v) is 1.67. The number of amides is 1. The molecule has 12 heavy (non-hydrogen) atoms. The molecule has 0 atom stereocenters. The van der Waals surface area contributed by atoms with Gasteiger partial charge in [0.05, 0.1) is 25.3 Å². The summed E-state index contributed by atoms with van der Waals surface area (Å²) in [5, 5.41) is 3.16. The zero-order valence-electron chi connectivity index (χ0n) is 7.25. The van der Waals surface area contributed by atoms with Gasteiger partial charge in [-0.2, -0.15) is 0 Å². The zero-order chi connectivity index (χ0) is 8.55. The van der Waals surface area contributed by atoms with Crippen LogP contribution in [0.3, 0.4) is 0 Å². The van der Waals surface area contributed by atoms with Crippen molar-refractivity contribution >= 4 is 5.91 Å². The van der Waals surface area contributed by atoms with Gasteiger partial charge in [0.15, 0.2) is 0 Å². The van der Waals surface area contributed by atoms with Gasteiger partial charge in [0.2, 0.25) is 5.91 Å². The molecular weight excluding hydrogens is 156 g/mol. The van der Waals surface area contributed by atoms with Gasteiger partial charge in [-0.05, 0) is 0 Å². The summed E-state index contributed by atoms with van der Waals surface area (Å²) < 4.78 is 5.07. The van der Waals surface area contributed by atoms with Crippen LogP contribution in [-0.2, 0) is 9.53 Å². The molecule has 2 rings (SSSR count). The van der Waals surface area contributed by atoms with Crippen LogP contribution in [0.5, 0.6) is 0 Å². The standard InChI is InChI=1S/C8H14N2O2/c1-6(11)10(7-2-9-3-7)8-4-12-5-8/h7-9H,2-5H2,1H3. The average molecular weight is 170 g/mol. The van der Waals surface area contributed by atoms with Crippen LogP contribution in [0.4, 0.5) is 0 Å². The number of hydrogen-bond acceptors (Lipinski definition) is 3. The number of hydrogen-bond donors (Lipinski definition) is 1. The third-order valence-corrected chi connectivity index (χ3v) is 2.53. The van der Waals surface area contributed by atoms with Gasteiger partial charge in [0.25, 0.3) is 0 Å². The van der Waals surface area contributed by atoms with Gasteiger partial charge in [-0.1, -0.05) is 0 Å². The van der Waals surface area contributed by atoms with Crippen LogP contribution < -0.4 is 5.32 Å². The highest BCUT2D eigenvalue weighted by atomic mass is 16.5.